The predicted molar refractivity (Wildman–Crippen MR) is 96.1 cm³/mol. The first-order chi connectivity index (χ1) is 11.3. The van der Waals surface area contributed by atoms with Crippen molar-refractivity contribution in [3.8, 4) is 11.4 Å². The number of para-hydroxylation sites is 1. The van der Waals surface area contributed by atoms with Gasteiger partial charge in [0.1, 0.15) is 11.3 Å². The molecule has 0 amide bonds. The van der Waals surface area contributed by atoms with Crippen LogP contribution in [0.25, 0.3) is 22.4 Å². The number of rotatable bonds is 7. The molecule has 23 heavy (non-hydrogen) atoms. The molecule has 2 heterocycles. The number of nitrogens with two attached hydrogens (primary N) is 1. The summed E-state index contributed by atoms with van der Waals surface area (Å²) in [5.74, 6) is 0.960. The monoisotopic (exact) mass is 308 g/mol. The van der Waals surface area contributed by atoms with E-state index in [9.17, 15) is 0 Å². The first-order valence-corrected chi connectivity index (χ1v) is 8.46. The van der Waals surface area contributed by atoms with Gasteiger partial charge in [-0.1, -0.05) is 38.7 Å². The summed E-state index contributed by atoms with van der Waals surface area (Å²) >= 11 is 0. The standard InChI is InChI=1S/C19H24N4/c1-2-3-4-5-6-13-23-17-11-7-10-16(20)18(17)22-19(23)15-9-8-12-21-14-15/h7-12,14H,2-6,13,20H2,1H3. The van der Waals surface area contributed by atoms with Crippen molar-refractivity contribution in [2.75, 3.05) is 5.73 Å². The molecule has 0 saturated heterocycles. The number of imidazole rings is 1. The zero-order valence-electron chi connectivity index (χ0n) is 13.7. The molecule has 4 heteroatoms. The van der Waals surface area contributed by atoms with E-state index in [4.69, 9.17) is 10.7 Å². The minimum Gasteiger partial charge on any atom is -0.397 e. The number of anilines is 1. The van der Waals surface area contributed by atoms with E-state index in [-0.39, 0.29) is 0 Å². The molecule has 1 aromatic carbocycles. The molecular formula is C19H24N4. The lowest BCUT2D eigenvalue weighted by Crippen LogP contribution is -2.01. The Kier molecular flexibility index (Phi) is 4.91. The van der Waals surface area contributed by atoms with Gasteiger partial charge in [0.25, 0.3) is 0 Å². The van der Waals surface area contributed by atoms with Crippen LogP contribution >= 0.6 is 0 Å². The van der Waals surface area contributed by atoms with Gasteiger partial charge in [0, 0.05) is 24.5 Å². The molecule has 0 aliphatic rings. The highest BCUT2D eigenvalue weighted by atomic mass is 15.1. The molecule has 0 bridgehead atoms. The van der Waals surface area contributed by atoms with Gasteiger partial charge in [-0.15, -0.1) is 0 Å². The van der Waals surface area contributed by atoms with Crippen LogP contribution in [0, 0.1) is 0 Å². The van der Waals surface area contributed by atoms with Crippen LogP contribution in [-0.2, 0) is 6.54 Å². The minimum atomic E-state index is 0.734. The summed E-state index contributed by atoms with van der Waals surface area (Å²) in [4.78, 5) is 9.03. The summed E-state index contributed by atoms with van der Waals surface area (Å²) in [6.07, 6.45) is 9.95. The van der Waals surface area contributed by atoms with Crippen LogP contribution in [0.15, 0.2) is 42.7 Å². The zero-order valence-corrected chi connectivity index (χ0v) is 13.7. The Labute approximate surface area is 137 Å². The average molecular weight is 308 g/mol. The highest BCUT2D eigenvalue weighted by molar-refractivity contribution is 5.90. The van der Waals surface area contributed by atoms with E-state index in [1.165, 1.54) is 25.7 Å². The minimum absolute atomic E-state index is 0.734. The fourth-order valence-corrected chi connectivity index (χ4v) is 2.98. The Bertz CT molecular complexity index is 762. The van der Waals surface area contributed by atoms with Gasteiger partial charge in [0.15, 0.2) is 0 Å². The van der Waals surface area contributed by atoms with Gasteiger partial charge in [-0.05, 0) is 30.7 Å². The molecular weight excluding hydrogens is 284 g/mol. The van der Waals surface area contributed by atoms with E-state index in [0.29, 0.717) is 0 Å². The summed E-state index contributed by atoms with van der Waals surface area (Å²) in [6.45, 7) is 3.21. The van der Waals surface area contributed by atoms with Crippen molar-refractivity contribution in [3.63, 3.8) is 0 Å². The lowest BCUT2D eigenvalue weighted by atomic mass is 10.1. The van der Waals surface area contributed by atoms with E-state index in [0.717, 1.165) is 41.1 Å². The molecule has 0 saturated carbocycles. The molecule has 0 spiro atoms. The van der Waals surface area contributed by atoms with Gasteiger partial charge in [-0.25, -0.2) is 4.98 Å². The maximum absolute atomic E-state index is 6.12. The molecule has 3 aromatic rings. The number of pyridine rings is 1. The van der Waals surface area contributed by atoms with E-state index in [1.807, 2.05) is 24.4 Å². The molecule has 0 fully saturated rings. The number of hydrogen-bond acceptors (Lipinski definition) is 3. The van der Waals surface area contributed by atoms with E-state index < -0.39 is 0 Å². The Hall–Kier alpha value is -2.36. The van der Waals surface area contributed by atoms with Crippen LogP contribution < -0.4 is 5.73 Å². The number of aromatic nitrogens is 3. The third-order valence-electron chi connectivity index (χ3n) is 4.22. The average Bonchev–Trinajstić information content (AvgIpc) is 2.96. The lowest BCUT2D eigenvalue weighted by molar-refractivity contribution is 0.578. The van der Waals surface area contributed by atoms with Crippen LogP contribution in [0.2, 0.25) is 0 Å². The van der Waals surface area contributed by atoms with Gasteiger partial charge >= 0.3 is 0 Å². The van der Waals surface area contributed by atoms with Gasteiger partial charge in [-0.3, -0.25) is 4.98 Å². The smallest absolute Gasteiger partial charge is 0.142 e. The van der Waals surface area contributed by atoms with Crippen molar-refractivity contribution in [1.29, 1.82) is 0 Å². The van der Waals surface area contributed by atoms with Crippen LogP contribution in [0.5, 0.6) is 0 Å². The number of nitrogen functional groups attached to an aromatic ring is 1. The summed E-state index contributed by atoms with van der Waals surface area (Å²) in [7, 11) is 0. The second-order valence-electron chi connectivity index (χ2n) is 5.96. The second-order valence-corrected chi connectivity index (χ2v) is 5.96. The first-order valence-electron chi connectivity index (χ1n) is 8.46. The maximum Gasteiger partial charge on any atom is 0.142 e. The molecule has 0 aliphatic carbocycles. The Balaban J connectivity index is 1.94. The van der Waals surface area contributed by atoms with Gasteiger partial charge < -0.3 is 10.3 Å². The van der Waals surface area contributed by atoms with Crippen molar-refractivity contribution >= 4 is 16.7 Å². The van der Waals surface area contributed by atoms with Crippen molar-refractivity contribution in [1.82, 2.24) is 14.5 Å². The molecule has 0 aliphatic heterocycles. The molecule has 3 rings (SSSR count). The first kappa shape index (κ1) is 15.5. The summed E-state index contributed by atoms with van der Waals surface area (Å²) in [6, 6.07) is 10.0. The number of unbranched alkanes of at least 4 members (excludes halogenated alkanes) is 4. The number of benzene rings is 1. The third kappa shape index (κ3) is 3.36. The Morgan fingerprint density at radius 3 is 2.70 bits per heavy atom. The van der Waals surface area contributed by atoms with E-state index >= 15 is 0 Å². The zero-order chi connectivity index (χ0) is 16.1. The van der Waals surface area contributed by atoms with Crippen LogP contribution in [0.1, 0.15) is 39.0 Å². The number of fused-ring (bicyclic) bond motifs is 1. The van der Waals surface area contributed by atoms with E-state index in [1.54, 1.807) is 6.20 Å². The summed E-state index contributed by atoms with van der Waals surface area (Å²) in [5, 5.41) is 0. The maximum atomic E-state index is 6.12. The predicted octanol–water partition coefficient (Wildman–Crippen LogP) is 4.65. The molecule has 0 unspecified atom stereocenters. The molecule has 2 aromatic heterocycles. The lowest BCUT2D eigenvalue weighted by Gasteiger charge is -2.09. The Morgan fingerprint density at radius 1 is 1.04 bits per heavy atom. The number of nitrogens with zero attached hydrogens (tertiary/aromatic N) is 3. The summed E-state index contributed by atoms with van der Waals surface area (Å²) in [5.41, 5.74) is 9.89. The normalized spacial score (nSPS) is 11.2. The van der Waals surface area contributed by atoms with Crippen molar-refractivity contribution < 1.29 is 0 Å². The van der Waals surface area contributed by atoms with Crippen molar-refractivity contribution in [2.45, 2.75) is 45.6 Å². The highest BCUT2D eigenvalue weighted by Crippen LogP contribution is 2.28. The molecule has 0 radical (unpaired) electrons. The van der Waals surface area contributed by atoms with Crippen LogP contribution in [0.4, 0.5) is 5.69 Å². The Morgan fingerprint density at radius 2 is 1.91 bits per heavy atom. The number of hydrogen-bond donors (Lipinski definition) is 1. The number of aryl methyl sites for hydroxylation is 1. The fourth-order valence-electron chi connectivity index (χ4n) is 2.98. The topological polar surface area (TPSA) is 56.7 Å². The largest absolute Gasteiger partial charge is 0.397 e. The molecule has 120 valence electrons. The van der Waals surface area contributed by atoms with Gasteiger partial charge in [0.2, 0.25) is 0 Å². The SMILES string of the molecule is CCCCCCCn1c(-c2cccnc2)nc2c(N)cccc21. The van der Waals surface area contributed by atoms with Crippen LogP contribution in [0.3, 0.4) is 0 Å². The molecule has 2 N–H and O–H groups in total. The van der Waals surface area contributed by atoms with Crippen molar-refractivity contribution in [3.05, 3.63) is 42.7 Å². The molecule has 4 nitrogen and oxygen atoms in total. The second kappa shape index (κ2) is 7.27. The fraction of sp³-hybridized carbons (Fsp3) is 0.368. The van der Waals surface area contributed by atoms with Gasteiger partial charge in [0.05, 0.1) is 11.2 Å². The van der Waals surface area contributed by atoms with Gasteiger partial charge in [-0.2, -0.15) is 0 Å². The quantitative estimate of drug-likeness (QED) is 0.510. The van der Waals surface area contributed by atoms with Crippen molar-refractivity contribution in [2.24, 2.45) is 0 Å². The highest BCUT2D eigenvalue weighted by Gasteiger charge is 2.14. The molecule has 0 atom stereocenters. The van der Waals surface area contributed by atoms with E-state index in [2.05, 4.69) is 28.6 Å². The third-order valence-corrected chi connectivity index (χ3v) is 4.22. The summed E-state index contributed by atoms with van der Waals surface area (Å²) < 4.78 is 2.29. The van der Waals surface area contributed by atoms with Crippen LogP contribution in [-0.4, -0.2) is 14.5 Å².